The molecule has 1 aliphatic heterocycles. The molecular formula is C29H31ClN4O5S2. The normalized spacial score (nSPS) is 14.4. The number of halogens is 1. The van der Waals surface area contributed by atoms with Crippen molar-refractivity contribution < 1.29 is 13.2 Å². The lowest BCUT2D eigenvalue weighted by atomic mass is 10.1. The van der Waals surface area contributed by atoms with Crippen LogP contribution in [0.2, 0.25) is 4.34 Å². The third-order valence-corrected chi connectivity index (χ3v) is 10.6. The Morgan fingerprint density at radius 1 is 1.00 bits per heavy atom. The number of anilines is 1. The quantitative estimate of drug-likeness (QED) is 0.242. The zero-order valence-electron chi connectivity index (χ0n) is 22.4. The molecule has 0 bridgehead atoms. The van der Waals surface area contributed by atoms with Gasteiger partial charge in [-0.25, -0.2) is 17.8 Å². The van der Waals surface area contributed by atoms with Gasteiger partial charge >= 0.3 is 5.69 Å². The first kappa shape index (κ1) is 29.2. The molecule has 2 aromatic carbocycles. The highest BCUT2D eigenvalue weighted by Crippen LogP contribution is 2.26. The molecule has 3 heterocycles. The number of benzene rings is 2. The molecule has 0 unspecified atom stereocenters. The number of likely N-dealkylation sites (tertiary alicyclic amines) is 1. The fourth-order valence-electron chi connectivity index (χ4n) is 5.07. The molecule has 2 N–H and O–H groups in total. The van der Waals surface area contributed by atoms with Crippen molar-refractivity contribution in [2.75, 3.05) is 37.2 Å². The number of hydrogen-bond acceptors (Lipinski definition) is 8. The molecule has 4 aromatic rings. The van der Waals surface area contributed by atoms with Crippen LogP contribution in [0.1, 0.15) is 31.2 Å². The molecule has 12 heteroatoms. The van der Waals surface area contributed by atoms with E-state index < -0.39 is 32.6 Å². The van der Waals surface area contributed by atoms with Gasteiger partial charge in [0.2, 0.25) is 0 Å². The summed E-state index contributed by atoms with van der Waals surface area (Å²) >= 11 is 6.73. The van der Waals surface area contributed by atoms with Crippen molar-refractivity contribution in [2.24, 2.45) is 0 Å². The van der Waals surface area contributed by atoms with Gasteiger partial charge in [0.25, 0.3) is 5.56 Å². The van der Waals surface area contributed by atoms with Gasteiger partial charge in [0, 0.05) is 18.7 Å². The predicted molar refractivity (Wildman–Crippen MR) is 164 cm³/mol. The van der Waals surface area contributed by atoms with Gasteiger partial charge in [0.1, 0.15) is 9.96 Å². The van der Waals surface area contributed by atoms with E-state index in [1.165, 1.54) is 44.5 Å². The number of nitrogens with one attached hydrogen (secondary N) is 2. The lowest BCUT2D eigenvalue weighted by Gasteiger charge is -2.26. The maximum Gasteiger partial charge on any atom is 0.333 e. The van der Waals surface area contributed by atoms with E-state index in [1.807, 2.05) is 6.07 Å². The minimum Gasteiger partial charge on any atom is -0.385 e. The van der Waals surface area contributed by atoms with Gasteiger partial charge in [-0.05, 0) is 86.9 Å². The molecule has 1 aliphatic rings. The van der Waals surface area contributed by atoms with Crippen LogP contribution in [0.5, 0.6) is 0 Å². The van der Waals surface area contributed by atoms with Crippen molar-refractivity contribution in [1.82, 2.24) is 14.5 Å². The second kappa shape index (κ2) is 12.7. The van der Waals surface area contributed by atoms with Crippen LogP contribution >= 0.6 is 22.9 Å². The monoisotopic (exact) mass is 614 g/mol. The summed E-state index contributed by atoms with van der Waals surface area (Å²) in [4.78, 5) is 43.9. The number of piperidine rings is 1. The van der Waals surface area contributed by atoms with Crippen LogP contribution in [-0.2, 0) is 21.1 Å². The maximum atomic E-state index is 13.2. The van der Waals surface area contributed by atoms with Crippen LogP contribution in [0.15, 0.2) is 68.4 Å². The second-order valence-electron chi connectivity index (χ2n) is 10.2. The summed E-state index contributed by atoms with van der Waals surface area (Å²) in [7, 11) is -3.77. The Labute approximate surface area is 246 Å². The Balaban J connectivity index is 1.24. The average molecular weight is 615 g/mol. The van der Waals surface area contributed by atoms with Gasteiger partial charge < -0.3 is 15.2 Å². The van der Waals surface area contributed by atoms with Crippen LogP contribution < -0.4 is 16.6 Å². The number of aromatic amines is 1. The van der Waals surface area contributed by atoms with Crippen molar-refractivity contribution in [3.8, 4) is 5.69 Å². The topological polar surface area (TPSA) is 121 Å². The Bertz CT molecular complexity index is 1770. The number of ketones is 1. The third-order valence-electron chi connectivity index (χ3n) is 7.13. The molecule has 216 valence electrons. The van der Waals surface area contributed by atoms with Gasteiger partial charge in [0.15, 0.2) is 15.6 Å². The Kier molecular flexibility index (Phi) is 9.08. The van der Waals surface area contributed by atoms with Crippen molar-refractivity contribution in [3.05, 3.63) is 85.3 Å². The number of aromatic nitrogens is 2. The molecule has 0 radical (unpaired) electrons. The molecule has 2 aromatic heterocycles. The van der Waals surface area contributed by atoms with E-state index in [4.69, 9.17) is 11.6 Å². The van der Waals surface area contributed by atoms with Crippen molar-refractivity contribution in [1.29, 1.82) is 0 Å². The first-order valence-electron chi connectivity index (χ1n) is 13.5. The summed E-state index contributed by atoms with van der Waals surface area (Å²) in [6.45, 7) is 4.19. The van der Waals surface area contributed by atoms with Gasteiger partial charge in [-0.2, -0.15) is 0 Å². The molecule has 0 amide bonds. The lowest BCUT2D eigenvalue weighted by Crippen LogP contribution is -2.33. The van der Waals surface area contributed by atoms with Crippen molar-refractivity contribution >= 4 is 55.1 Å². The van der Waals surface area contributed by atoms with Crippen LogP contribution in [0.3, 0.4) is 0 Å². The van der Waals surface area contributed by atoms with E-state index in [1.54, 1.807) is 36.4 Å². The number of rotatable bonds is 11. The van der Waals surface area contributed by atoms with Crippen LogP contribution in [0.25, 0.3) is 16.6 Å². The highest BCUT2D eigenvalue weighted by Gasteiger charge is 2.21. The van der Waals surface area contributed by atoms with E-state index in [-0.39, 0.29) is 10.6 Å². The Morgan fingerprint density at radius 2 is 1.76 bits per heavy atom. The highest BCUT2D eigenvalue weighted by molar-refractivity contribution is 7.94. The number of carbonyl (C=O) groups excluding carboxylic acids is 1. The van der Waals surface area contributed by atoms with E-state index in [0.717, 1.165) is 41.1 Å². The zero-order valence-corrected chi connectivity index (χ0v) is 24.8. The number of Topliss-reactive ketones (excluding diaryl/α,β-unsaturated/α-hetero) is 1. The molecule has 1 saturated heterocycles. The summed E-state index contributed by atoms with van der Waals surface area (Å²) < 4.78 is 26.4. The number of sulfone groups is 1. The molecule has 1 fully saturated rings. The van der Waals surface area contributed by atoms with Gasteiger partial charge in [0.05, 0.1) is 20.9 Å². The van der Waals surface area contributed by atoms with E-state index in [0.29, 0.717) is 26.5 Å². The molecule has 0 saturated carbocycles. The number of fused-ring (bicyclic) bond motifs is 1. The van der Waals surface area contributed by atoms with E-state index in [2.05, 4.69) is 15.2 Å². The molecule has 0 atom stereocenters. The summed E-state index contributed by atoms with van der Waals surface area (Å²) in [6.07, 6.45) is 4.77. The standard InChI is InChI=1S/C29H31ClN4O5S2/c30-26-11-12-27(40-26)41(38,39)19-23(35)17-20-5-8-22(9-6-20)34-28(36)24-10-7-21(18-25(24)32-29(34)37)31-13-4-16-33-14-2-1-3-15-33/h5-12,18,31H,1-4,13-17,19H2,(H,32,37). The SMILES string of the molecule is O=C(Cc1ccc(-n2c(=O)[nH]c3cc(NCCCN4CCCCC4)ccc3c2=O)cc1)CS(=O)(=O)c1ccc(Cl)s1. The minimum atomic E-state index is -3.77. The maximum absolute atomic E-state index is 13.2. The molecular weight excluding hydrogens is 584 g/mol. The van der Waals surface area contributed by atoms with E-state index in [9.17, 15) is 22.8 Å². The highest BCUT2D eigenvalue weighted by atomic mass is 35.5. The first-order valence-corrected chi connectivity index (χ1v) is 16.4. The number of H-pyrrole nitrogens is 1. The van der Waals surface area contributed by atoms with Crippen LogP contribution in [-0.4, -0.2) is 60.6 Å². The fraction of sp³-hybridized carbons (Fsp3) is 0.345. The van der Waals surface area contributed by atoms with Gasteiger partial charge in [-0.1, -0.05) is 30.2 Å². The molecule has 41 heavy (non-hydrogen) atoms. The lowest BCUT2D eigenvalue weighted by molar-refractivity contribution is -0.116. The van der Waals surface area contributed by atoms with E-state index >= 15 is 0 Å². The number of thiophene rings is 1. The molecule has 0 aliphatic carbocycles. The minimum absolute atomic E-state index is 0.0527. The Hall–Kier alpha value is -3.25. The summed E-state index contributed by atoms with van der Waals surface area (Å²) in [5.74, 6) is -1.11. The largest absolute Gasteiger partial charge is 0.385 e. The van der Waals surface area contributed by atoms with Crippen molar-refractivity contribution in [3.63, 3.8) is 0 Å². The first-order chi connectivity index (χ1) is 19.7. The van der Waals surface area contributed by atoms with Gasteiger partial charge in [-0.15, -0.1) is 11.3 Å². The predicted octanol–water partition coefficient (Wildman–Crippen LogP) is 4.27. The summed E-state index contributed by atoms with van der Waals surface area (Å²) in [5.41, 5.74) is 1.17. The number of carbonyl (C=O) groups is 1. The fourth-order valence-corrected chi connectivity index (χ4v) is 7.88. The van der Waals surface area contributed by atoms with Gasteiger partial charge in [-0.3, -0.25) is 9.59 Å². The molecule has 9 nitrogen and oxygen atoms in total. The molecule has 0 spiro atoms. The average Bonchev–Trinajstić information content (AvgIpc) is 3.39. The number of hydrogen-bond donors (Lipinski definition) is 2. The van der Waals surface area contributed by atoms with Crippen LogP contribution in [0.4, 0.5) is 5.69 Å². The summed E-state index contributed by atoms with van der Waals surface area (Å²) in [5, 5.41) is 3.76. The number of nitrogens with zero attached hydrogens (tertiary/aromatic N) is 2. The van der Waals surface area contributed by atoms with Crippen molar-refractivity contribution in [2.45, 2.75) is 36.3 Å². The Morgan fingerprint density at radius 3 is 2.46 bits per heavy atom. The summed E-state index contributed by atoms with van der Waals surface area (Å²) in [6, 6.07) is 14.5. The smallest absolute Gasteiger partial charge is 0.333 e. The third kappa shape index (κ3) is 7.16. The second-order valence-corrected chi connectivity index (χ2v) is 14.1. The van der Waals surface area contributed by atoms with Crippen LogP contribution in [0, 0.1) is 0 Å². The molecule has 5 rings (SSSR count). The zero-order chi connectivity index (χ0) is 29.0.